The van der Waals surface area contributed by atoms with Gasteiger partial charge in [0.05, 0.1) is 19.3 Å². The number of ether oxygens (including phenoxy) is 2. The Kier molecular flexibility index (Phi) is 3.77. The lowest BCUT2D eigenvalue weighted by Gasteiger charge is -2.34. The summed E-state index contributed by atoms with van der Waals surface area (Å²) in [5.74, 6) is -0.0490. The van der Waals surface area contributed by atoms with Gasteiger partial charge in [0.2, 0.25) is 0 Å². The van der Waals surface area contributed by atoms with Crippen LogP contribution in [0, 0.1) is 0 Å². The Morgan fingerprint density at radius 3 is 2.50 bits per heavy atom. The molecule has 0 saturated carbocycles. The average Bonchev–Trinajstić information content (AvgIpc) is 2.45. The quantitative estimate of drug-likeness (QED) is 0.672. The summed E-state index contributed by atoms with van der Waals surface area (Å²) in [5, 5.41) is 0. The fourth-order valence-corrected chi connectivity index (χ4v) is 2.46. The second-order valence-corrected chi connectivity index (χ2v) is 6.37. The number of carbonyl (C=O) groups excluding carboxylic acids is 2. The molecule has 2 saturated heterocycles. The van der Waals surface area contributed by atoms with Crippen LogP contribution >= 0.6 is 0 Å². The van der Waals surface area contributed by atoms with Gasteiger partial charge in [-0.25, -0.2) is 4.79 Å². The molecular formula is C14H22N2O4. The van der Waals surface area contributed by atoms with Gasteiger partial charge < -0.3 is 14.4 Å². The number of morpholine rings is 1. The maximum absolute atomic E-state index is 12.4. The normalized spacial score (nSPS) is 27.9. The van der Waals surface area contributed by atoms with Crippen molar-refractivity contribution in [3.8, 4) is 0 Å². The Morgan fingerprint density at radius 2 is 1.95 bits per heavy atom. The van der Waals surface area contributed by atoms with Gasteiger partial charge in [0.1, 0.15) is 11.6 Å². The summed E-state index contributed by atoms with van der Waals surface area (Å²) in [6, 6.07) is -0.909. The topological polar surface area (TPSA) is 59.1 Å². The lowest BCUT2D eigenvalue weighted by Crippen LogP contribution is -2.52. The van der Waals surface area contributed by atoms with E-state index in [1.54, 1.807) is 11.1 Å². The molecule has 0 aromatic carbocycles. The van der Waals surface area contributed by atoms with E-state index in [-0.39, 0.29) is 18.4 Å². The van der Waals surface area contributed by atoms with Crippen molar-refractivity contribution in [1.82, 2.24) is 9.80 Å². The Morgan fingerprint density at radius 1 is 1.35 bits per heavy atom. The first-order chi connectivity index (χ1) is 9.20. The van der Waals surface area contributed by atoms with Crippen molar-refractivity contribution in [3.63, 3.8) is 0 Å². The molecule has 2 unspecified atom stereocenters. The van der Waals surface area contributed by atoms with Gasteiger partial charge in [0, 0.05) is 25.9 Å². The number of hydrogen-bond acceptors (Lipinski definition) is 5. The summed E-state index contributed by atoms with van der Waals surface area (Å²) < 4.78 is 10.8. The van der Waals surface area contributed by atoms with Gasteiger partial charge in [0.25, 0.3) is 0 Å². The van der Waals surface area contributed by atoms with Crippen LogP contribution in [0.3, 0.4) is 0 Å². The number of rotatable bonds is 1. The predicted octanol–water partition coefficient (Wildman–Crippen LogP) is 1.02. The summed E-state index contributed by atoms with van der Waals surface area (Å²) in [5.41, 5.74) is 0.0342. The number of ketones is 1. The van der Waals surface area contributed by atoms with Crippen molar-refractivity contribution in [2.24, 2.45) is 0 Å². The van der Waals surface area contributed by atoms with Crippen LogP contribution in [0.1, 0.15) is 20.8 Å². The molecule has 1 amide bonds. The second-order valence-electron chi connectivity index (χ2n) is 6.37. The fraction of sp³-hybridized carbons (Fsp3) is 0.714. The highest BCUT2D eigenvalue weighted by molar-refractivity contribution is 6.06. The van der Waals surface area contributed by atoms with Crippen LogP contribution in [0.5, 0.6) is 0 Å². The lowest BCUT2D eigenvalue weighted by molar-refractivity contribution is -0.120. The maximum Gasteiger partial charge on any atom is 0.411 e. The molecule has 0 N–H and O–H groups in total. The van der Waals surface area contributed by atoms with Gasteiger partial charge in [-0.3, -0.25) is 9.69 Å². The van der Waals surface area contributed by atoms with Crippen molar-refractivity contribution >= 4 is 11.9 Å². The summed E-state index contributed by atoms with van der Waals surface area (Å²) in [6.07, 6.45) is 1.31. The number of amides is 1. The molecule has 20 heavy (non-hydrogen) atoms. The molecule has 0 aromatic heterocycles. The minimum atomic E-state index is -0.580. The number of Topliss-reactive ketones (excluding diaryl/α,β-unsaturated/α-hetero) is 1. The summed E-state index contributed by atoms with van der Waals surface area (Å²) in [6.45, 7) is 6.00. The fourth-order valence-electron chi connectivity index (χ4n) is 2.46. The number of fused-ring (bicyclic) bond motifs is 2. The van der Waals surface area contributed by atoms with E-state index in [2.05, 4.69) is 0 Å². The van der Waals surface area contributed by atoms with Crippen LogP contribution in [0.15, 0.2) is 11.8 Å². The smallest absolute Gasteiger partial charge is 0.411 e. The highest BCUT2D eigenvalue weighted by Gasteiger charge is 2.51. The molecule has 2 fully saturated rings. The number of carbonyl (C=O) groups is 2. The first-order valence-corrected chi connectivity index (χ1v) is 6.72. The third kappa shape index (κ3) is 2.80. The van der Waals surface area contributed by atoms with Crippen LogP contribution in [0.2, 0.25) is 0 Å². The molecule has 0 radical (unpaired) electrons. The van der Waals surface area contributed by atoms with Crippen molar-refractivity contribution in [2.75, 3.05) is 27.3 Å². The van der Waals surface area contributed by atoms with Crippen molar-refractivity contribution in [3.05, 3.63) is 11.8 Å². The number of nitrogens with zero attached hydrogens (tertiary/aromatic N) is 2. The summed E-state index contributed by atoms with van der Waals surface area (Å²) >= 11 is 0. The van der Waals surface area contributed by atoms with Gasteiger partial charge in [-0.1, -0.05) is 0 Å². The predicted molar refractivity (Wildman–Crippen MR) is 73.2 cm³/mol. The zero-order valence-electron chi connectivity index (χ0n) is 12.7. The van der Waals surface area contributed by atoms with Crippen LogP contribution in [-0.4, -0.2) is 66.7 Å². The largest absolute Gasteiger partial charge is 0.444 e. The third-order valence-electron chi connectivity index (χ3n) is 3.17. The first-order valence-electron chi connectivity index (χ1n) is 6.72. The minimum absolute atomic E-state index is 0.0490. The molecule has 0 aromatic rings. The lowest BCUT2D eigenvalue weighted by atomic mass is 10.1. The molecule has 6 heteroatoms. The zero-order chi connectivity index (χ0) is 15.1. The molecule has 2 heterocycles. The van der Waals surface area contributed by atoms with E-state index in [1.165, 1.54) is 4.90 Å². The molecule has 2 aliphatic rings. The molecule has 2 bridgehead atoms. The maximum atomic E-state index is 12.4. The van der Waals surface area contributed by atoms with E-state index in [9.17, 15) is 9.59 Å². The monoisotopic (exact) mass is 282 g/mol. The van der Waals surface area contributed by atoms with Crippen molar-refractivity contribution < 1.29 is 19.1 Å². The van der Waals surface area contributed by atoms with E-state index in [0.717, 1.165) is 0 Å². The first kappa shape index (κ1) is 14.8. The highest BCUT2D eigenvalue weighted by Crippen LogP contribution is 2.32. The van der Waals surface area contributed by atoms with Gasteiger partial charge >= 0.3 is 6.09 Å². The molecule has 6 nitrogen and oxygen atoms in total. The van der Waals surface area contributed by atoms with E-state index in [1.807, 2.05) is 34.9 Å². The van der Waals surface area contributed by atoms with Gasteiger partial charge in [0.15, 0.2) is 5.78 Å². The van der Waals surface area contributed by atoms with Crippen LogP contribution in [0.25, 0.3) is 0 Å². The number of hydrogen-bond donors (Lipinski definition) is 0. The zero-order valence-corrected chi connectivity index (χ0v) is 12.7. The Labute approximate surface area is 119 Å². The second kappa shape index (κ2) is 5.09. The minimum Gasteiger partial charge on any atom is -0.444 e. The SMILES string of the molecule is CN(C)/C=C1/C(=O)C2COCC1N2C(=O)OC(C)(C)C. The highest BCUT2D eigenvalue weighted by atomic mass is 16.6. The molecule has 2 rings (SSSR count). The Hall–Kier alpha value is -1.56. The third-order valence-corrected chi connectivity index (χ3v) is 3.17. The molecule has 0 aliphatic carbocycles. The van der Waals surface area contributed by atoms with Crippen LogP contribution < -0.4 is 0 Å². The Bertz CT molecular complexity index is 451. The Balaban J connectivity index is 2.27. The van der Waals surface area contributed by atoms with Crippen LogP contribution in [0.4, 0.5) is 4.79 Å². The van der Waals surface area contributed by atoms with Crippen LogP contribution in [-0.2, 0) is 14.3 Å². The molecule has 0 spiro atoms. The van der Waals surface area contributed by atoms with E-state index < -0.39 is 17.7 Å². The van der Waals surface area contributed by atoms with Gasteiger partial charge in [-0.2, -0.15) is 0 Å². The standard InChI is InChI=1S/C14H22N2O4/c1-14(2,3)20-13(18)16-10-7-19-8-11(16)12(17)9(10)6-15(4)5/h6,10-11H,7-8H2,1-5H3/b9-6+. The van der Waals surface area contributed by atoms with Crippen molar-refractivity contribution in [2.45, 2.75) is 38.5 Å². The van der Waals surface area contributed by atoms with Gasteiger partial charge in [-0.15, -0.1) is 0 Å². The molecule has 2 aliphatic heterocycles. The summed E-state index contributed by atoms with van der Waals surface area (Å²) in [4.78, 5) is 28.0. The molecule has 112 valence electrons. The van der Waals surface area contributed by atoms with E-state index in [0.29, 0.717) is 12.2 Å². The summed E-state index contributed by atoms with van der Waals surface area (Å²) in [7, 11) is 3.70. The van der Waals surface area contributed by atoms with E-state index in [4.69, 9.17) is 9.47 Å². The van der Waals surface area contributed by atoms with E-state index >= 15 is 0 Å². The van der Waals surface area contributed by atoms with Crippen molar-refractivity contribution in [1.29, 1.82) is 0 Å². The molecular weight excluding hydrogens is 260 g/mol. The van der Waals surface area contributed by atoms with Gasteiger partial charge in [-0.05, 0) is 20.8 Å². The molecule has 2 atom stereocenters. The average molecular weight is 282 g/mol.